The molecule has 0 aliphatic carbocycles. The first kappa shape index (κ1) is 20.5. The van der Waals surface area contributed by atoms with Gasteiger partial charge in [-0.1, -0.05) is 40.2 Å². The molecule has 0 bridgehead atoms. The molecule has 0 aliphatic heterocycles. The second-order valence-electron chi connectivity index (χ2n) is 6.10. The van der Waals surface area contributed by atoms with Crippen molar-refractivity contribution in [3.8, 4) is 11.3 Å². The molecular weight excluding hydrogens is 436 g/mol. The molecule has 1 amide bonds. The molecule has 0 saturated carbocycles. The van der Waals surface area contributed by atoms with Gasteiger partial charge in [0, 0.05) is 10.0 Å². The summed E-state index contributed by atoms with van der Waals surface area (Å²) in [5, 5.41) is 3.93. The van der Waals surface area contributed by atoms with Gasteiger partial charge in [-0.25, -0.2) is 10.2 Å². The van der Waals surface area contributed by atoms with Gasteiger partial charge in [0.1, 0.15) is 11.5 Å². The maximum Gasteiger partial charge on any atom is 0.338 e. The Morgan fingerprint density at radius 1 is 1.14 bits per heavy atom. The number of halogens is 1. The first-order valence-electron chi connectivity index (χ1n) is 8.99. The van der Waals surface area contributed by atoms with Gasteiger partial charge in [0.15, 0.2) is 0 Å². The van der Waals surface area contributed by atoms with Crippen molar-refractivity contribution in [3.05, 3.63) is 82.0 Å². The van der Waals surface area contributed by atoms with Crippen LogP contribution in [0.25, 0.3) is 11.3 Å². The van der Waals surface area contributed by atoms with Gasteiger partial charge in [-0.3, -0.25) is 4.79 Å². The molecule has 0 saturated heterocycles. The van der Waals surface area contributed by atoms with Crippen LogP contribution in [0.4, 0.5) is 0 Å². The molecule has 3 rings (SSSR count). The Balaban J connectivity index is 1.60. The van der Waals surface area contributed by atoms with Crippen LogP contribution < -0.4 is 5.43 Å². The summed E-state index contributed by atoms with van der Waals surface area (Å²) in [6, 6.07) is 18.0. The molecule has 6 nitrogen and oxygen atoms in total. The molecule has 1 heterocycles. The van der Waals surface area contributed by atoms with Crippen molar-refractivity contribution >= 4 is 34.0 Å². The first-order chi connectivity index (χ1) is 14.0. The Bertz CT molecular complexity index is 1030. The normalized spacial score (nSPS) is 10.8. The van der Waals surface area contributed by atoms with Gasteiger partial charge in [0.05, 0.1) is 24.8 Å². The summed E-state index contributed by atoms with van der Waals surface area (Å²) in [5.41, 5.74) is 4.57. The molecule has 148 valence electrons. The van der Waals surface area contributed by atoms with Crippen LogP contribution >= 0.6 is 15.9 Å². The SMILES string of the molecule is CCOC(=O)c1cccc(-c2ccc(/C=N\NC(=O)Cc3ccc(Br)cc3)o2)c1. The van der Waals surface area contributed by atoms with Gasteiger partial charge in [-0.05, 0) is 48.9 Å². The average molecular weight is 455 g/mol. The van der Waals surface area contributed by atoms with Crippen molar-refractivity contribution in [1.82, 2.24) is 5.43 Å². The summed E-state index contributed by atoms with van der Waals surface area (Å²) >= 11 is 3.36. The third kappa shape index (κ3) is 5.89. The van der Waals surface area contributed by atoms with Crippen LogP contribution in [0.15, 0.2) is 74.7 Å². The van der Waals surface area contributed by atoms with Crippen LogP contribution in [-0.2, 0) is 16.0 Å². The molecule has 0 fully saturated rings. The lowest BCUT2D eigenvalue weighted by Gasteiger charge is -2.03. The van der Waals surface area contributed by atoms with Crippen molar-refractivity contribution in [2.45, 2.75) is 13.3 Å². The van der Waals surface area contributed by atoms with Crippen molar-refractivity contribution in [1.29, 1.82) is 0 Å². The van der Waals surface area contributed by atoms with Crippen LogP contribution in [-0.4, -0.2) is 24.7 Å². The number of ether oxygens (including phenoxy) is 1. The Hall–Kier alpha value is -3.19. The van der Waals surface area contributed by atoms with E-state index in [4.69, 9.17) is 9.15 Å². The van der Waals surface area contributed by atoms with E-state index in [1.807, 2.05) is 30.3 Å². The molecule has 0 spiro atoms. The van der Waals surface area contributed by atoms with Gasteiger partial charge >= 0.3 is 5.97 Å². The van der Waals surface area contributed by atoms with Crippen LogP contribution in [0.3, 0.4) is 0 Å². The summed E-state index contributed by atoms with van der Waals surface area (Å²) in [5.74, 6) is 0.456. The van der Waals surface area contributed by atoms with Crippen LogP contribution in [0.5, 0.6) is 0 Å². The molecule has 0 atom stereocenters. The number of amides is 1. The minimum Gasteiger partial charge on any atom is -0.462 e. The number of furan rings is 1. The quantitative estimate of drug-likeness (QED) is 0.321. The maximum atomic E-state index is 12.0. The summed E-state index contributed by atoms with van der Waals surface area (Å²) in [6.45, 7) is 2.08. The number of benzene rings is 2. The second kappa shape index (κ2) is 9.84. The van der Waals surface area contributed by atoms with Crippen LogP contribution in [0.2, 0.25) is 0 Å². The largest absolute Gasteiger partial charge is 0.462 e. The summed E-state index contributed by atoms with van der Waals surface area (Å²) < 4.78 is 11.7. The van der Waals surface area contributed by atoms with E-state index in [0.29, 0.717) is 23.7 Å². The standard InChI is InChI=1S/C22H19BrN2O4/c1-2-28-22(27)17-5-3-4-16(13-17)20-11-10-19(29-20)14-24-25-21(26)12-15-6-8-18(23)9-7-15/h3-11,13-14H,2,12H2,1H3,(H,25,26)/b24-14-. The number of rotatable bonds is 7. The molecular formula is C22H19BrN2O4. The molecule has 1 N–H and O–H groups in total. The van der Waals surface area contributed by atoms with Crippen LogP contribution in [0, 0.1) is 0 Å². The van der Waals surface area contributed by atoms with Crippen molar-refractivity contribution in [3.63, 3.8) is 0 Å². The Morgan fingerprint density at radius 3 is 2.69 bits per heavy atom. The summed E-state index contributed by atoms with van der Waals surface area (Å²) in [4.78, 5) is 23.8. The fraction of sp³-hybridized carbons (Fsp3) is 0.136. The van der Waals surface area contributed by atoms with Crippen molar-refractivity contribution < 1.29 is 18.7 Å². The predicted octanol–water partition coefficient (Wildman–Crippen LogP) is 4.58. The van der Waals surface area contributed by atoms with Gasteiger partial charge in [0.2, 0.25) is 5.91 Å². The zero-order chi connectivity index (χ0) is 20.6. The molecule has 0 unspecified atom stereocenters. The highest BCUT2D eigenvalue weighted by molar-refractivity contribution is 9.10. The summed E-state index contributed by atoms with van der Waals surface area (Å²) in [6.07, 6.45) is 1.66. The predicted molar refractivity (Wildman–Crippen MR) is 114 cm³/mol. The van der Waals surface area contributed by atoms with E-state index in [0.717, 1.165) is 15.6 Å². The van der Waals surface area contributed by atoms with E-state index in [1.54, 1.807) is 37.3 Å². The number of carbonyl (C=O) groups excluding carboxylic acids is 2. The Morgan fingerprint density at radius 2 is 1.93 bits per heavy atom. The highest BCUT2D eigenvalue weighted by atomic mass is 79.9. The van der Waals surface area contributed by atoms with E-state index in [-0.39, 0.29) is 18.3 Å². The third-order valence-corrected chi connectivity index (χ3v) is 4.47. The lowest BCUT2D eigenvalue weighted by Crippen LogP contribution is -2.19. The fourth-order valence-corrected chi connectivity index (χ4v) is 2.85. The molecule has 0 radical (unpaired) electrons. The average Bonchev–Trinajstić information content (AvgIpc) is 3.19. The molecule has 2 aromatic carbocycles. The fourth-order valence-electron chi connectivity index (χ4n) is 2.59. The first-order valence-corrected chi connectivity index (χ1v) is 9.78. The number of hydrogen-bond donors (Lipinski definition) is 1. The Kier molecular flexibility index (Phi) is 6.97. The monoisotopic (exact) mass is 454 g/mol. The molecule has 0 aliphatic rings. The number of hydrogen-bond acceptors (Lipinski definition) is 5. The number of esters is 1. The molecule has 29 heavy (non-hydrogen) atoms. The molecule has 1 aromatic heterocycles. The Labute approximate surface area is 176 Å². The molecule has 3 aromatic rings. The lowest BCUT2D eigenvalue weighted by molar-refractivity contribution is -0.120. The van der Waals surface area contributed by atoms with Crippen molar-refractivity contribution in [2.24, 2.45) is 5.10 Å². The van der Waals surface area contributed by atoms with Gasteiger partial charge in [-0.2, -0.15) is 5.10 Å². The van der Waals surface area contributed by atoms with E-state index in [2.05, 4.69) is 26.5 Å². The van der Waals surface area contributed by atoms with Gasteiger partial charge < -0.3 is 9.15 Å². The number of nitrogens with one attached hydrogen (secondary N) is 1. The minimum atomic E-state index is -0.379. The summed E-state index contributed by atoms with van der Waals surface area (Å²) in [7, 11) is 0. The minimum absolute atomic E-state index is 0.225. The molecule has 7 heteroatoms. The van der Waals surface area contributed by atoms with E-state index in [9.17, 15) is 9.59 Å². The third-order valence-electron chi connectivity index (χ3n) is 3.94. The topological polar surface area (TPSA) is 80.9 Å². The van der Waals surface area contributed by atoms with Gasteiger partial charge in [-0.15, -0.1) is 0 Å². The smallest absolute Gasteiger partial charge is 0.338 e. The number of hydrazone groups is 1. The second-order valence-corrected chi connectivity index (χ2v) is 7.02. The number of nitrogens with zero attached hydrogens (tertiary/aromatic N) is 1. The van der Waals surface area contributed by atoms with Crippen molar-refractivity contribution in [2.75, 3.05) is 6.61 Å². The zero-order valence-electron chi connectivity index (χ0n) is 15.7. The van der Waals surface area contributed by atoms with Crippen LogP contribution in [0.1, 0.15) is 28.6 Å². The van der Waals surface area contributed by atoms with Gasteiger partial charge in [0.25, 0.3) is 0 Å². The highest BCUT2D eigenvalue weighted by Crippen LogP contribution is 2.23. The van der Waals surface area contributed by atoms with E-state index in [1.165, 1.54) is 6.21 Å². The number of carbonyl (C=O) groups is 2. The highest BCUT2D eigenvalue weighted by Gasteiger charge is 2.10. The van der Waals surface area contributed by atoms with E-state index < -0.39 is 0 Å². The van der Waals surface area contributed by atoms with E-state index >= 15 is 0 Å². The zero-order valence-corrected chi connectivity index (χ0v) is 17.3. The maximum absolute atomic E-state index is 12.0. The lowest BCUT2D eigenvalue weighted by atomic mass is 10.1.